The molecule has 0 aromatic heterocycles. The maximum atomic E-state index is 13.0. The molecule has 6 heteroatoms. The fourth-order valence-electron chi connectivity index (χ4n) is 4.23. The summed E-state index contributed by atoms with van der Waals surface area (Å²) in [5.74, 6) is 0.0637. The van der Waals surface area contributed by atoms with E-state index in [9.17, 15) is 9.59 Å². The van der Waals surface area contributed by atoms with Crippen molar-refractivity contribution >= 4 is 11.8 Å². The number of carbonyl (C=O) groups excluding carboxylic acids is 2. The number of hydrogen-bond acceptors (Lipinski definition) is 4. The van der Waals surface area contributed by atoms with Gasteiger partial charge in [-0.3, -0.25) is 9.59 Å². The molecule has 0 spiro atoms. The van der Waals surface area contributed by atoms with E-state index in [2.05, 4.69) is 0 Å². The van der Waals surface area contributed by atoms with Crippen molar-refractivity contribution < 1.29 is 19.1 Å². The second-order valence-corrected chi connectivity index (χ2v) is 8.29. The van der Waals surface area contributed by atoms with Crippen LogP contribution in [0.2, 0.25) is 0 Å². The predicted molar refractivity (Wildman–Crippen MR) is 127 cm³/mol. The van der Waals surface area contributed by atoms with Gasteiger partial charge in [0.05, 0.1) is 26.7 Å². The van der Waals surface area contributed by atoms with E-state index in [1.54, 1.807) is 12.0 Å². The second kappa shape index (κ2) is 9.88. The van der Waals surface area contributed by atoms with Gasteiger partial charge in [0, 0.05) is 13.0 Å². The molecule has 0 radical (unpaired) electrons. The molecule has 1 aliphatic rings. The number of nitrogens with two attached hydrogens (primary N) is 1. The number of hydrogen-bond donors (Lipinski definition) is 1. The Balaban J connectivity index is 1.52. The smallest absolute Gasteiger partial charge is 0.251 e. The molecule has 0 saturated carbocycles. The zero-order valence-electron chi connectivity index (χ0n) is 18.7. The Morgan fingerprint density at radius 1 is 0.970 bits per heavy atom. The van der Waals surface area contributed by atoms with Gasteiger partial charge < -0.3 is 20.1 Å². The number of amides is 2. The van der Waals surface area contributed by atoms with E-state index in [0.717, 1.165) is 22.3 Å². The highest BCUT2D eigenvalue weighted by Crippen LogP contribution is 2.27. The van der Waals surface area contributed by atoms with Gasteiger partial charge in [-0.2, -0.15) is 0 Å². The van der Waals surface area contributed by atoms with Crippen LogP contribution in [0.3, 0.4) is 0 Å². The number of methoxy groups -OCH3 is 1. The Bertz CT molecular complexity index is 1130. The summed E-state index contributed by atoms with van der Waals surface area (Å²) < 4.78 is 11.2. The lowest BCUT2D eigenvalue weighted by Crippen LogP contribution is -2.61. The second-order valence-electron chi connectivity index (χ2n) is 8.29. The van der Waals surface area contributed by atoms with Crippen molar-refractivity contribution in [3.8, 4) is 16.9 Å². The Labute approximate surface area is 193 Å². The molecule has 1 saturated heterocycles. The summed E-state index contributed by atoms with van der Waals surface area (Å²) in [4.78, 5) is 27.3. The van der Waals surface area contributed by atoms with Gasteiger partial charge in [0.1, 0.15) is 5.75 Å². The first-order valence-corrected chi connectivity index (χ1v) is 11.0. The van der Waals surface area contributed by atoms with Gasteiger partial charge in [-0.25, -0.2) is 0 Å². The van der Waals surface area contributed by atoms with E-state index in [0.29, 0.717) is 18.7 Å². The maximum absolute atomic E-state index is 13.0. The van der Waals surface area contributed by atoms with Crippen LogP contribution < -0.4 is 10.5 Å². The predicted octanol–water partition coefficient (Wildman–Crippen LogP) is 3.23. The van der Waals surface area contributed by atoms with Gasteiger partial charge in [0.15, 0.2) is 5.60 Å². The van der Waals surface area contributed by atoms with Crippen LogP contribution in [0.1, 0.15) is 11.1 Å². The lowest BCUT2D eigenvalue weighted by Gasteiger charge is -2.41. The Morgan fingerprint density at radius 2 is 1.70 bits per heavy atom. The van der Waals surface area contributed by atoms with Gasteiger partial charge in [-0.05, 0) is 34.4 Å². The van der Waals surface area contributed by atoms with Crippen LogP contribution in [0.25, 0.3) is 11.1 Å². The van der Waals surface area contributed by atoms with Crippen molar-refractivity contribution in [3.63, 3.8) is 0 Å². The zero-order chi connectivity index (χ0) is 23.3. The largest absolute Gasteiger partial charge is 0.497 e. The minimum atomic E-state index is -1.27. The van der Waals surface area contributed by atoms with Crippen molar-refractivity contribution in [1.82, 2.24) is 4.90 Å². The van der Waals surface area contributed by atoms with Crippen molar-refractivity contribution in [2.45, 2.75) is 18.4 Å². The number of nitrogens with zero attached hydrogens (tertiary/aromatic N) is 1. The topological polar surface area (TPSA) is 81.9 Å². The van der Waals surface area contributed by atoms with Gasteiger partial charge >= 0.3 is 0 Å². The van der Waals surface area contributed by atoms with Gasteiger partial charge in [-0.15, -0.1) is 0 Å². The highest BCUT2D eigenvalue weighted by atomic mass is 16.5. The molecule has 1 fully saturated rings. The molecule has 33 heavy (non-hydrogen) atoms. The standard InChI is InChI=1S/C27H28N2O4/c1-32-24-12-6-7-20(16-24)17-25(30)29-13-14-33-27(19-29,26(28)31)18-21-8-5-11-23(15-21)22-9-3-2-4-10-22/h2-12,15-16H,13-14,17-19H2,1H3,(H2,28,31)/t27-/m0/s1. The fraction of sp³-hybridized carbons (Fsp3) is 0.259. The first-order chi connectivity index (χ1) is 16.0. The van der Waals surface area contributed by atoms with Crippen molar-refractivity contribution in [1.29, 1.82) is 0 Å². The molecule has 0 aliphatic carbocycles. The van der Waals surface area contributed by atoms with Crippen LogP contribution in [0.5, 0.6) is 5.75 Å². The van der Waals surface area contributed by atoms with E-state index >= 15 is 0 Å². The molecule has 6 nitrogen and oxygen atoms in total. The highest BCUT2D eigenvalue weighted by molar-refractivity contribution is 5.86. The third-order valence-corrected chi connectivity index (χ3v) is 6.00. The molecular formula is C27H28N2O4. The van der Waals surface area contributed by atoms with E-state index in [1.165, 1.54) is 0 Å². The molecule has 1 aliphatic heterocycles. The van der Waals surface area contributed by atoms with Gasteiger partial charge in [0.25, 0.3) is 5.91 Å². The molecular weight excluding hydrogens is 416 g/mol. The van der Waals surface area contributed by atoms with Crippen molar-refractivity contribution in [2.24, 2.45) is 5.73 Å². The third-order valence-electron chi connectivity index (χ3n) is 6.00. The summed E-state index contributed by atoms with van der Waals surface area (Å²) in [5.41, 5.74) is 8.49. The van der Waals surface area contributed by atoms with Crippen LogP contribution in [0, 0.1) is 0 Å². The fourth-order valence-corrected chi connectivity index (χ4v) is 4.23. The number of primary amides is 1. The summed E-state index contributed by atoms with van der Waals surface area (Å²) in [7, 11) is 1.59. The average Bonchev–Trinajstić information content (AvgIpc) is 2.85. The number of rotatable bonds is 7. The van der Waals surface area contributed by atoms with E-state index in [4.69, 9.17) is 15.2 Å². The first kappa shape index (κ1) is 22.6. The summed E-state index contributed by atoms with van der Waals surface area (Å²) in [6.45, 7) is 0.799. The van der Waals surface area contributed by atoms with Crippen LogP contribution in [-0.2, 0) is 27.2 Å². The molecule has 4 rings (SSSR count). The Kier molecular flexibility index (Phi) is 6.75. The van der Waals surface area contributed by atoms with Crippen molar-refractivity contribution in [2.75, 3.05) is 26.8 Å². The SMILES string of the molecule is COc1cccc(CC(=O)N2CCO[C@](Cc3cccc(-c4ccccc4)c3)(C(N)=O)C2)c1. The summed E-state index contributed by atoms with van der Waals surface area (Å²) >= 11 is 0. The average molecular weight is 445 g/mol. The zero-order valence-corrected chi connectivity index (χ0v) is 18.7. The molecule has 1 atom stereocenters. The van der Waals surface area contributed by atoms with Crippen LogP contribution in [-0.4, -0.2) is 49.1 Å². The van der Waals surface area contributed by atoms with Crippen molar-refractivity contribution in [3.05, 3.63) is 90.0 Å². The highest BCUT2D eigenvalue weighted by Gasteiger charge is 2.43. The minimum Gasteiger partial charge on any atom is -0.497 e. The molecule has 170 valence electrons. The molecule has 3 aromatic rings. The Hall–Kier alpha value is -3.64. The lowest BCUT2D eigenvalue weighted by atomic mass is 9.90. The molecule has 2 N–H and O–H groups in total. The Morgan fingerprint density at radius 3 is 2.45 bits per heavy atom. The minimum absolute atomic E-state index is 0.0739. The third kappa shape index (κ3) is 5.23. The van der Waals surface area contributed by atoms with E-state index in [-0.39, 0.29) is 25.5 Å². The molecule has 2 amide bonds. The lowest BCUT2D eigenvalue weighted by molar-refractivity contribution is -0.163. The number of carbonyl (C=O) groups is 2. The van der Waals surface area contributed by atoms with Gasteiger partial charge in [-0.1, -0.05) is 66.7 Å². The maximum Gasteiger partial charge on any atom is 0.251 e. The molecule has 0 unspecified atom stereocenters. The van der Waals surface area contributed by atoms with E-state index in [1.807, 2.05) is 78.9 Å². The number of ether oxygens (including phenoxy) is 2. The first-order valence-electron chi connectivity index (χ1n) is 11.0. The summed E-state index contributed by atoms with van der Waals surface area (Å²) in [5, 5.41) is 0. The molecule has 3 aromatic carbocycles. The van der Waals surface area contributed by atoms with Crippen LogP contribution in [0.15, 0.2) is 78.9 Å². The quantitative estimate of drug-likeness (QED) is 0.607. The van der Waals surface area contributed by atoms with Crippen LogP contribution in [0.4, 0.5) is 0 Å². The molecule has 0 bridgehead atoms. The van der Waals surface area contributed by atoms with E-state index < -0.39 is 11.5 Å². The van der Waals surface area contributed by atoms with Crippen LogP contribution >= 0.6 is 0 Å². The number of benzene rings is 3. The summed E-state index contributed by atoms with van der Waals surface area (Å²) in [6.07, 6.45) is 0.515. The summed E-state index contributed by atoms with van der Waals surface area (Å²) in [6, 6.07) is 25.4. The van der Waals surface area contributed by atoms with Gasteiger partial charge in [0.2, 0.25) is 5.91 Å². The monoisotopic (exact) mass is 444 g/mol. The molecule has 1 heterocycles. The normalized spacial score (nSPS) is 18.0. The number of morpholine rings is 1.